The number of phenolic OH excluding ortho intramolecular Hbond substituents is 1. The van der Waals surface area contributed by atoms with Gasteiger partial charge in [0.25, 0.3) is 11.5 Å². The molecule has 5 heterocycles. The minimum atomic E-state index is -0.781. The quantitative estimate of drug-likeness (QED) is 0.362. The lowest BCUT2D eigenvalue weighted by Crippen LogP contribution is -2.63. The largest absolute Gasteiger partial charge is 0.507 e. The van der Waals surface area contributed by atoms with Gasteiger partial charge in [0.05, 0.1) is 45.6 Å². The van der Waals surface area contributed by atoms with Gasteiger partial charge in [0.2, 0.25) is 5.91 Å². The zero-order chi connectivity index (χ0) is 30.0. The molecule has 1 atom stereocenters. The van der Waals surface area contributed by atoms with Gasteiger partial charge in [-0.2, -0.15) is 0 Å². The molecule has 11 nitrogen and oxygen atoms in total. The number of anilines is 2. The van der Waals surface area contributed by atoms with E-state index in [0.29, 0.717) is 28.1 Å². The summed E-state index contributed by atoms with van der Waals surface area (Å²) in [6.07, 6.45) is 2.57. The van der Waals surface area contributed by atoms with Crippen molar-refractivity contribution in [3.8, 4) is 22.7 Å². The van der Waals surface area contributed by atoms with Gasteiger partial charge >= 0.3 is 0 Å². The summed E-state index contributed by atoms with van der Waals surface area (Å²) in [6.45, 7) is 7.59. The van der Waals surface area contributed by atoms with Crippen molar-refractivity contribution in [3.63, 3.8) is 0 Å². The van der Waals surface area contributed by atoms with E-state index in [0.717, 1.165) is 0 Å². The van der Waals surface area contributed by atoms with Gasteiger partial charge in [0, 0.05) is 25.5 Å². The normalized spacial score (nSPS) is 16.5. The Balaban J connectivity index is 1.73. The van der Waals surface area contributed by atoms with Crippen LogP contribution in [-0.4, -0.2) is 74.1 Å². The number of carbonyl (C=O) groups is 2. The van der Waals surface area contributed by atoms with Gasteiger partial charge < -0.3 is 19.8 Å². The fraction of sp³-hybridized carbons (Fsp3) is 0.241. The van der Waals surface area contributed by atoms with Crippen LogP contribution in [0.5, 0.6) is 5.75 Å². The maximum absolute atomic E-state index is 15.0. The van der Waals surface area contributed by atoms with E-state index >= 15 is 4.39 Å². The fourth-order valence-electron chi connectivity index (χ4n) is 5.81. The molecule has 214 valence electrons. The van der Waals surface area contributed by atoms with E-state index in [1.54, 1.807) is 24.8 Å². The van der Waals surface area contributed by atoms with Gasteiger partial charge in [-0.15, -0.1) is 0 Å². The topological polar surface area (TPSA) is 125 Å². The molecule has 42 heavy (non-hydrogen) atoms. The Kier molecular flexibility index (Phi) is 6.45. The predicted octanol–water partition coefficient (Wildman–Crippen LogP) is 3.14. The Morgan fingerprint density at radius 3 is 2.52 bits per heavy atom. The van der Waals surface area contributed by atoms with Crippen LogP contribution in [0.25, 0.3) is 28.0 Å². The number of likely N-dealkylation sites (N-methyl/N-ethyl adjacent to an activating group) is 1. The number of hydrogen-bond donors (Lipinski definition) is 1. The molecule has 0 saturated carbocycles. The zero-order valence-electron chi connectivity index (χ0n) is 22.9. The van der Waals surface area contributed by atoms with Crippen molar-refractivity contribution in [2.45, 2.75) is 19.9 Å². The van der Waals surface area contributed by atoms with Crippen LogP contribution in [0, 0.1) is 19.7 Å². The van der Waals surface area contributed by atoms with Crippen LogP contribution in [0.15, 0.2) is 48.0 Å². The number of pyridine rings is 2. The number of aromatic hydroxyl groups is 1. The second-order valence-corrected chi connectivity index (χ2v) is 10.6. The zero-order valence-corrected chi connectivity index (χ0v) is 23.7. The van der Waals surface area contributed by atoms with Crippen LogP contribution in [-0.2, 0) is 9.59 Å². The van der Waals surface area contributed by atoms with E-state index in [1.165, 1.54) is 52.0 Å². The molecule has 1 N–H and O–H groups in total. The van der Waals surface area contributed by atoms with Crippen LogP contribution in [0.3, 0.4) is 0 Å². The molecule has 1 saturated heterocycles. The molecule has 1 aromatic carbocycles. The predicted molar refractivity (Wildman–Crippen MR) is 156 cm³/mol. The highest BCUT2D eigenvalue weighted by molar-refractivity contribution is 6.34. The van der Waals surface area contributed by atoms with E-state index in [2.05, 4.69) is 16.5 Å². The molecule has 1 fully saturated rings. The Morgan fingerprint density at radius 2 is 1.86 bits per heavy atom. The summed E-state index contributed by atoms with van der Waals surface area (Å²) in [5, 5.41) is 11.0. The van der Waals surface area contributed by atoms with Gasteiger partial charge in [0.15, 0.2) is 5.65 Å². The van der Waals surface area contributed by atoms with Gasteiger partial charge in [-0.1, -0.05) is 24.2 Å². The van der Waals surface area contributed by atoms with Gasteiger partial charge in [-0.25, -0.2) is 19.3 Å². The summed E-state index contributed by atoms with van der Waals surface area (Å²) in [6, 6.07) is 4.61. The number of rotatable bonds is 3. The Hall–Kier alpha value is -4.84. The smallest absolute Gasteiger partial charge is 0.283 e. The number of phenols is 1. The number of fused-ring (bicyclic) bond motifs is 5. The van der Waals surface area contributed by atoms with Gasteiger partial charge in [0.1, 0.15) is 29.6 Å². The number of amides is 2. The minimum Gasteiger partial charge on any atom is -0.507 e. The molecule has 0 aliphatic carbocycles. The van der Waals surface area contributed by atoms with Gasteiger partial charge in [-0.3, -0.25) is 19.0 Å². The highest BCUT2D eigenvalue weighted by atomic mass is 35.5. The number of aryl methyl sites for hydroxylation is 2. The molecule has 4 aromatic rings. The molecule has 0 unspecified atom stereocenters. The molecular formula is C29H25ClFN7O4. The average Bonchev–Trinajstić information content (AvgIpc) is 2.96. The third-order valence-corrected chi connectivity index (χ3v) is 8.09. The van der Waals surface area contributed by atoms with Crippen molar-refractivity contribution in [3.05, 3.63) is 75.8 Å². The number of aromatic nitrogens is 4. The van der Waals surface area contributed by atoms with Crippen LogP contribution < -0.4 is 15.4 Å². The van der Waals surface area contributed by atoms with Crippen molar-refractivity contribution in [2.24, 2.45) is 0 Å². The minimum absolute atomic E-state index is 0.0182. The maximum atomic E-state index is 15.0. The van der Waals surface area contributed by atoms with Crippen LogP contribution in [0.1, 0.15) is 11.4 Å². The van der Waals surface area contributed by atoms with Crippen molar-refractivity contribution in [1.29, 1.82) is 0 Å². The standard InChI is InChI=1S/C29H25ClFN7O4/c1-5-21(40)36-9-10-37-19(12-36)28(41)35(4)26-25(37)16-11-17(30)23(22-18(31)7-6-8-20(22)39)34-27(16)38(29(26)42)24-14(2)32-13-33-15(24)3/h5-8,11,13,19,39H,1,9-10,12H2,2-4H3/t19-/m1/s1. The summed E-state index contributed by atoms with van der Waals surface area (Å²) >= 11 is 6.73. The molecule has 2 amide bonds. The molecule has 0 radical (unpaired) electrons. The first-order chi connectivity index (χ1) is 20.0. The van der Waals surface area contributed by atoms with E-state index in [9.17, 15) is 19.5 Å². The van der Waals surface area contributed by atoms with E-state index in [1.807, 2.05) is 0 Å². The lowest BCUT2D eigenvalue weighted by Gasteiger charge is -2.47. The van der Waals surface area contributed by atoms with Gasteiger partial charge in [-0.05, 0) is 38.1 Å². The number of piperazine rings is 1. The molecular weight excluding hydrogens is 565 g/mol. The van der Waals surface area contributed by atoms with Crippen molar-refractivity contribution in [2.75, 3.05) is 36.5 Å². The summed E-state index contributed by atoms with van der Waals surface area (Å²) in [5.41, 5.74) is 1.03. The maximum Gasteiger partial charge on any atom is 0.283 e. The van der Waals surface area contributed by atoms with Crippen LogP contribution in [0.4, 0.5) is 15.8 Å². The van der Waals surface area contributed by atoms with E-state index in [-0.39, 0.29) is 64.8 Å². The molecule has 13 heteroatoms. The van der Waals surface area contributed by atoms with E-state index < -0.39 is 17.4 Å². The van der Waals surface area contributed by atoms with E-state index in [4.69, 9.17) is 16.6 Å². The molecule has 0 spiro atoms. The third-order valence-electron chi connectivity index (χ3n) is 7.80. The first kappa shape index (κ1) is 27.3. The number of benzene rings is 1. The first-order valence-corrected chi connectivity index (χ1v) is 13.4. The Bertz CT molecular complexity index is 1870. The highest BCUT2D eigenvalue weighted by Gasteiger charge is 2.44. The third kappa shape index (κ3) is 3.93. The highest BCUT2D eigenvalue weighted by Crippen LogP contribution is 2.44. The SMILES string of the molecule is C=CC(=O)N1CCN2c3c(c(=O)n(-c4c(C)ncnc4C)c4nc(-c5c(O)cccc5F)c(Cl)cc34)N(C)C(=O)[C@H]2C1. The second-order valence-electron chi connectivity index (χ2n) is 10.1. The molecule has 3 aromatic heterocycles. The van der Waals surface area contributed by atoms with Crippen molar-refractivity contribution in [1.82, 2.24) is 24.4 Å². The summed E-state index contributed by atoms with van der Waals surface area (Å²) < 4.78 is 16.3. The summed E-state index contributed by atoms with van der Waals surface area (Å²) in [7, 11) is 1.51. The monoisotopic (exact) mass is 589 g/mol. The molecule has 2 aliphatic rings. The molecule has 2 aliphatic heterocycles. The first-order valence-electron chi connectivity index (χ1n) is 13.1. The molecule has 0 bridgehead atoms. The summed E-state index contributed by atoms with van der Waals surface area (Å²) in [4.78, 5) is 58.4. The lowest BCUT2D eigenvalue weighted by molar-refractivity contribution is -0.128. The Labute approximate surface area is 244 Å². The van der Waals surface area contributed by atoms with Crippen LogP contribution >= 0.6 is 11.6 Å². The number of carbonyl (C=O) groups excluding carboxylic acids is 2. The van der Waals surface area contributed by atoms with Crippen LogP contribution in [0.2, 0.25) is 5.02 Å². The fourth-order valence-corrected chi connectivity index (χ4v) is 6.06. The number of hydrogen-bond acceptors (Lipinski definition) is 8. The summed E-state index contributed by atoms with van der Waals surface area (Å²) in [5.74, 6) is -1.79. The average molecular weight is 590 g/mol. The van der Waals surface area contributed by atoms with Crippen molar-refractivity contribution < 1.29 is 19.1 Å². The van der Waals surface area contributed by atoms with Crippen molar-refractivity contribution >= 4 is 45.8 Å². The lowest BCUT2D eigenvalue weighted by atomic mass is 10.0. The number of halogens is 2. The number of nitrogens with zero attached hydrogens (tertiary/aromatic N) is 7. The second kappa shape index (κ2) is 9.91. The molecule has 6 rings (SSSR count). The Morgan fingerprint density at radius 1 is 1.14 bits per heavy atom.